The van der Waals surface area contributed by atoms with Crippen molar-refractivity contribution in [1.29, 1.82) is 0 Å². The highest BCUT2D eigenvalue weighted by molar-refractivity contribution is 14.1. The van der Waals surface area contributed by atoms with Crippen molar-refractivity contribution < 1.29 is 0 Å². The van der Waals surface area contributed by atoms with Gasteiger partial charge >= 0.3 is 0 Å². The van der Waals surface area contributed by atoms with Crippen LogP contribution in [-0.4, -0.2) is 4.98 Å². The molecule has 0 fully saturated rings. The van der Waals surface area contributed by atoms with Crippen molar-refractivity contribution in [1.82, 2.24) is 4.98 Å². The van der Waals surface area contributed by atoms with Crippen LogP contribution in [0.1, 0.15) is 5.56 Å². The fourth-order valence-electron chi connectivity index (χ4n) is 0.613. The molecule has 4 heteroatoms. The van der Waals surface area contributed by atoms with E-state index in [4.69, 9.17) is 11.5 Å². The normalized spacial score (nSPS) is 9.80. The summed E-state index contributed by atoms with van der Waals surface area (Å²) in [6, 6.07) is 0. The van der Waals surface area contributed by atoms with Crippen molar-refractivity contribution in [3.8, 4) is 0 Å². The van der Waals surface area contributed by atoms with Gasteiger partial charge in [0.25, 0.3) is 0 Å². The Morgan fingerprint density at radius 1 is 1.50 bits per heavy atom. The van der Waals surface area contributed by atoms with Crippen molar-refractivity contribution in [2.45, 2.75) is 6.92 Å². The second-order valence-electron chi connectivity index (χ2n) is 2.03. The molecule has 0 saturated carbocycles. The van der Waals surface area contributed by atoms with E-state index in [9.17, 15) is 0 Å². The summed E-state index contributed by atoms with van der Waals surface area (Å²) in [6.45, 7) is 1.93. The lowest BCUT2D eigenvalue weighted by molar-refractivity contribution is 1.27. The predicted octanol–water partition coefficient (Wildman–Crippen LogP) is 1.16. The number of anilines is 2. The van der Waals surface area contributed by atoms with Gasteiger partial charge in [-0.15, -0.1) is 0 Å². The summed E-state index contributed by atoms with van der Waals surface area (Å²) < 4.78 is 1.05. The number of halogens is 1. The molecule has 10 heavy (non-hydrogen) atoms. The van der Waals surface area contributed by atoms with Crippen LogP contribution in [-0.2, 0) is 0 Å². The minimum absolute atomic E-state index is 0.415. The third-order valence-electron chi connectivity index (χ3n) is 1.36. The first-order valence-corrected chi connectivity index (χ1v) is 3.87. The van der Waals surface area contributed by atoms with Gasteiger partial charge in [-0.3, -0.25) is 0 Å². The Hall–Kier alpha value is -0.520. The third-order valence-corrected chi connectivity index (χ3v) is 2.44. The zero-order valence-corrected chi connectivity index (χ0v) is 7.71. The van der Waals surface area contributed by atoms with E-state index in [1.165, 1.54) is 0 Å². The molecule has 0 aliphatic carbocycles. The van der Waals surface area contributed by atoms with Gasteiger partial charge in [-0.2, -0.15) is 0 Å². The maximum absolute atomic E-state index is 5.59. The zero-order valence-electron chi connectivity index (χ0n) is 5.56. The molecule has 54 valence electrons. The fourth-order valence-corrected chi connectivity index (χ4v) is 1.04. The summed E-state index contributed by atoms with van der Waals surface area (Å²) in [5, 5.41) is 0. The van der Waals surface area contributed by atoms with E-state index in [0.29, 0.717) is 11.5 Å². The number of nitrogens with zero attached hydrogens (tertiary/aromatic N) is 1. The Morgan fingerprint density at radius 2 is 2.10 bits per heavy atom. The number of rotatable bonds is 0. The highest BCUT2D eigenvalue weighted by Gasteiger charge is 2.01. The Morgan fingerprint density at radius 3 is 2.60 bits per heavy atom. The average molecular weight is 249 g/mol. The second-order valence-corrected chi connectivity index (χ2v) is 3.19. The van der Waals surface area contributed by atoms with Gasteiger partial charge in [-0.25, -0.2) is 4.98 Å². The van der Waals surface area contributed by atoms with E-state index >= 15 is 0 Å². The molecule has 1 aromatic rings. The second kappa shape index (κ2) is 2.61. The Labute approximate surface area is 73.0 Å². The van der Waals surface area contributed by atoms with Gasteiger partial charge in [-0.05, 0) is 35.1 Å². The summed E-state index contributed by atoms with van der Waals surface area (Å²) in [7, 11) is 0. The molecule has 0 aromatic carbocycles. The topological polar surface area (TPSA) is 64.9 Å². The lowest BCUT2D eigenvalue weighted by atomic mass is 10.2. The Balaban J connectivity index is 3.34. The highest BCUT2D eigenvalue weighted by Crippen LogP contribution is 2.20. The van der Waals surface area contributed by atoms with Gasteiger partial charge in [0.2, 0.25) is 0 Å². The van der Waals surface area contributed by atoms with Gasteiger partial charge in [0.1, 0.15) is 5.82 Å². The average Bonchev–Trinajstić information content (AvgIpc) is 1.93. The molecule has 0 spiro atoms. The van der Waals surface area contributed by atoms with Crippen LogP contribution in [0.5, 0.6) is 0 Å². The van der Waals surface area contributed by atoms with Crippen LogP contribution >= 0.6 is 22.6 Å². The van der Waals surface area contributed by atoms with Crippen molar-refractivity contribution >= 4 is 34.1 Å². The van der Waals surface area contributed by atoms with Crippen molar-refractivity contribution in [2.75, 3.05) is 11.5 Å². The Bertz CT molecular complexity index is 232. The third kappa shape index (κ3) is 1.16. The number of pyridine rings is 1. The summed E-state index contributed by atoms with van der Waals surface area (Å²) in [6.07, 6.45) is 1.71. The first-order chi connectivity index (χ1) is 4.63. The Kier molecular flexibility index (Phi) is 1.98. The molecule has 0 amide bonds. The molecule has 0 saturated heterocycles. The molecule has 1 rings (SSSR count). The lowest BCUT2D eigenvalue weighted by Gasteiger charge is -2.03. The standard InChI is InChI=1S/C6H8IN3/c1-3-4(7)2-10-6(9)5(3)8/h2H,8H2,1H3,(H2,9,10). The van der Waals surface area contributed by atoms with Crippen LogP contribution < -0.4 is 11.5 Å². The minimum Gasteiger partial charge on any atom is -0.396 e. The lowest BCUT2D eigenvalue weighted by Crippen LogP contribution is -2.01. The van der Waals surface area contributed by atoms with E-state index in [1.54, 1.807) is 6.20 Å². The molecule has 0 radical (unpaired) electrons. The highest BCUT2D eigenvalue weighted by atomic mass is 127. The van der Waals surface area contributed by atoms with Gasteiger partial charge in [0, 0.05) is 9.77 Å². The van der Waals surface area contributed by atoms with Crippen molar-refractivity contribution in [3.05, 3.63) is 15.3 Å². The number of nitrogen functional groups attached to an aromatic ring is 2. The zero-order chi connectivity index (χ0) is 7.72. The van der Waals surface area contributed by atoms with Crippen LogP contribution in [0.15, 0.2) is 6.20 Å². The van der Waals surface area contributed by atoms with Gasteiger partial charge in [0.15, 0.2) is 0 Å². The molecule has 1 aromatic heterocycles. The van der Waals surface area contributed by atoms with Crippen LogP contribution in [0.25, 0.3) is 0 Å². The fraction of sp³-hybridized carbons (Fsp3) is 0.167. The maximum Gasteiger partial charge on any atom is 0.146 e. The molecule has 4 N–H and O–H groups in total. The quantitative estimate of drug-likeness (QED) is 0.678. The van der Waals surface area contributed by atoms with E-state index in [2.05, 4.69) is 27.6 Å². The van der Waals surface area contributed by atoms with E-state index in [-0.39, 0.29) is 0 Å². The largest absolute Gasteiger partial charge is 0.396 e. The smallest absolute Gasteiger partial charge is 0.146 e. The summed E-state index contributed by atoms with van der Waals surface area (Å²) in [5.41, 5.74) is 12.6. The number of hydrogen-bond donors (Lipinski definition) is 2. The predicted molar refractivity (Wildman–Crippen MR) is 50.5 cm³/mol. The molecule has 1 heterocycles. The van der Waals surface area contributed by atoms with Crippen LogP contribution in [0.2, 0.25) is 0 Å². The molecule has 0 atom stereocenters. The number of aromatic nitrogens is 1. The van der Waals surface area contributed by atoms with Crippen molar-refractivity contribution in [3.63, 3.8) is 0 Å². The number of nitrogens with two attached hydrogens (primary N) is 2. The molecule has 0 unspecified atom stereocenters. The van der Waals surface area contributed by atoms with Gasteiger partial charge in [0.05, 0.1) is 5.69 Å². The summed E-state index contributed by atoms with van der Waals surface area (Å²) >= 11 is 2.17. The van der Waals surface area contributed by atoms with E-state index < -0.39 is 0 Å². The van der Waals surface area contributed by atoms with Gasteiger partial charge < -0.3 is 11.5 Å². The molecule has 3 nitrogen and oxygen atoms in total. The van der Waals surface area contributed by atoms with E-state index in [0.717, 1.165) is 9.13 Å². The van der Waals surface area contributed by atoms with Crippen LogP contribution in [0.3, 0.4) is 0 Å². The van der Waals surface area contributed by atoms with Crippen LogP contribution in [0, 0.1) is 10.5 Å². The first kappa shape index (κ1) is 7.59. The monoisotopic (exact) mass is 249 g/mol. The number of hydrogen-bond acceptors (Lipinski definition) is 3. The molecular formula is C6H8IN3. The summed E-state index contributed by atoms with van der Waals surface area (Å²) in [4.78, 5) is 3.88. The van der Waals surface area contributed by atoms with Crippen molar-refractivity contribution in [2.24, 2.45) is 0 Å². The maximum atomic E-state index is 5.59. The first-order valence-electron chi connectivity index (χ1n) is 2.79. The minimum atomic E-state index is 0.415. The summed E-state index contributed by atoms with van der Waals surface area (Å²) in [5.74, 6) is 0.415. The molecule has 0 aliphatic heterocycles. The van der Waals surface area contributed by atoms with Crippen LogP contribution in [0.4, 0.5) is 11.5 Å². The molecule has 0 aliphatic rings. The molecule has 0 bridgehead atoms. The molecular weight excluding hydrogens is 241 g/mol. The SMILES string of the molecule is Cc1c(I)cnc(N)c1N. The van der Waals surface area contributed by atoms with Gasteiger partial charge in [-0.1, -0.05) is 0 Å². The van der Waals surface area contributed by atoms with E-state index in [1.807, 2.05) is 6.92 Å².